The number of carboxylic acids is 1. The van der Waals surface area contributed by atoms with Gasteiger partial charge in [0.05, 0.1) is 6.42 Å². The number of anilines is 1. The van der Waals surface area contributed by atoms with Gasteiger partial charge in [-0.1, -0.05) is 6.07 Å². The van der Waals surface area contributed by atoms with E-state index >= 15 is 0 Å². The van der Waals surface area contributed by atoms with E-state index in [1.165, 1.54) is 11.1 Å². The number of carbonyl (C=O) groups is 1. The third kappa shape index (κ3) is 2.99. The van der Waals surface area contributed by atoms with E-state index in [0.29, 0.717) is 0 Å². The highest BCUT2D eigenvalue weighted by Gasteiger charge is 2.13. The standard InChI is InChI=1S/C13H19NO2/c1-9-5-6-12(7-10(9)2)14(4)11(3)8-13(15)16/h5-7,11H,8H2,1-4H3,(H,15,16). The Hall–Kier alpha value is -1.51. The molecule has 1 atom stereocenters. The van der Waals surface area contributed by atoms with Crippen molar-refractivity contribution < 1.29 is 9.90 Å². The molecule has 1 rings (SSSR count). The Labute approximate surface area is 96.7 Å². The van der Waals surface area contributed by atoms with E-state index < -0.39 is 5.97 Å². The molecule has 1 aromatic rings. The maximum atomic E-state index is 10.6. The summed E-state index contributed by atoms with van der Waals surface area (Å²) in [4.78, 5) is 12.6. The van der Waals surface area contributed by atoms with Crippen molar-refractivity contribution in [1.82, 2.24) is 0 Å². The highest BCUT2D eigenvalue weighted by Crippen LogP contribution is 2.20. The molecule has 0 radical (unpaired) electrons. The molecule has 1 unspecified atom stereocenters. The van der Waals surface area contributed by atoms with Crippen molar-refractivity contribution in [2.45, 2.75) is 33.2 Å². The summed E-state index contributed by atoms with van der Waals surface area (Å²) in [5, 5.41) is 8.75. The molecule has 0 heterocycles. The summed E-state index contributed by atoms with van der Waals surface area (Å²) >= 11 is 0. The molecule has 1 N–H and O–H groups in total. The van der Waals surface area contributed by atoms with Gasteiger partial charge in [-0.15, -0.1) is 0 Å². The summed E-state index contributed by atoms with van der Waals surface area (Å²) in [7, 11) is 1.93. The second-order valence-corrected chi connectivity index (χ2v) is 4.33. The molecule has 0 fully saturated rings. The zero-order valence-corrected chi connectivity index (χ0v) is 10.3. The quantitative estimate of drug-likeness (QED) is 0.849. The van der Waals surface area contributed by atoms with Crippen LogP contribution in [0.1, 0.15) is 24.5 Å². The lowest BCUT2D eigenvalue weighted by atomic mass is 10.1. The topological polar surface area (TPSA) is 40.5 Å². The number of benzene rings is 1. The Morgan fingerprint density at radius 3 is 2.50 bits per heavy atom. The first-order valence-electron chi connectivity index (χ1n) is 5.43. The van der Waals surface area contributed by atoms with Gasteiger partial charge in [-0.2, -0.15) is 0 Å². The maximum Gasteiger partial charge on any atom is 0.305 e. The highest BCUT2D eigenvalue weighted by atomic mass is 16.4. The Balaban J connectivity index is 2.83. The number of aryl methyl sites for hydroxylation is 2. The molecule has 0 saturated carbocycles. The van der Waals surface area contributed by atoms with E-state index in [9.17, 15) is 4.79 Å². The van der Waals surface area contributed by atoms with Crippen molar-refractivity contribution in [3.63, 3.8) is 0 Å². The first-order valence-corrected chi connectivity index (χ1v) is 5.43. The zero-order valence-electron chi connectivity index (χ0n) is 10.3. The number of aliphatic carboxylic acids is 1. The van der Waals surface area contributed by atoms with Gasteiger partial charge in [-0.25, -0.2) is 0 Å². The SMILES string of the molecule is Cc1ccc(N(C)C(C)CC(=O)O)cc1C. The van der Waals surface area contributed by atoms with Gasteiger partial charge >= 0.3 is 5.97 Å². The van der Waals surface area contributed by atoms with Crippen molar-refractivity contribution in [3.05, 3.63) is 29.3 Å². The van der Waals surface area contributed by atoms with Crippen LogP contribution in [-0.4, -0.2) is 24.2 Å². The predicted octanol–water partition coefficient (Wildman–Crippen LogP) is 2.60. The lowest BCUT2D eigenvalue weighted by molar-refractivity contribution is -0.137. The Morgan fingerprint density at radius 1 is 1.38 bits per heavy atom. The van der Waals surface area contributed by atoms with E-state index in [-0.39, 0.29) is 12.5 Å². The third-order valence-corrected chi connectivity index (χ3v) is 3.03. The Bertz CT molecular complexity index is 388. The average Bonchev–Trinajstić information content (AvgIpc) is 2.20. The van der Waals surface area contributed by atoms with Gasteiger partial charge in [0.15, 0.2) is 0 Å². The van der Waals surface area contributed by atoms with Crippen LogP contribution in [0.25, 0.3) is 0 Å². The van der Waals surface area contributed by atoms with Crippen LogP contribution < -0.4 is 4.90 Å². The molecule has 88 valence electrons. The Morgan fingerprint density at radius 2 is 2.00 bits per heavy atom. The smallest absolute Gasteiger partial charge is 0.305 e. The van der Waals surface area contributed by atoms with Gasteiger partial charge in [-0.05, 0) is 44.0 Å². The fourth-order valence-corrected chi connectivity index (χ4v) is 1.59. The highest BCUT2D eigenvalue weighted by molar-refractivity contribution is 5.68. The molecule has 0 spiro atoms. The molecule has 0 saturated heterocycles. The third-order valence-electron chi connectivity index (χ3n) is 3.03. The molecule has 1 aromatic carbocycles. The second kappa shape index (κ2) is 5.01. The fourth-order valence-electron chi connectivity index (χ4n) is 1.59. The summed E-state index contributed by atoms with van der Waals surface area (Å²) < 4.78 is 0. The number of hydrogen-bond donors (Lipinski definition) is 1. The first-order chi connectivity index (χ1) is 7.41. The summed E-state index contributed by atoms with van der Waals surface area (Å²) in [5.74, 6) is -0.761. The largest absolute Gasteiger partial charge is 0.481 e. The minimum absolute atomic E-state index is 0.000365. The van der Waals surface area contributed by atoms with Crippen LogP contribution in [-0.2, 0) is 4.79 Å². The van der Waals surface area contributed by atoms with E-state index in [4.69, 9.17) is 5.11 Å². The molecule has 3 nitrogen and oxygen atoms in total. The molecular weight excluding hydrogens is 202 g/mol. The first kappa shape index (κ1) is 12.6. The fraction of sp³-hybridized carbons (Fsp3) is 0.462. The molecule has 0 aliphatic rings. The van der Waals surface area contributed by atoms with Gasteiger partial charge in [0.1, 0.15) is 0 Å². The molecule has 0 aromatic heterocycles. The van der Waals surface area contributed by atoms with Crippen molar-refractivity contribution >= 4 is 11.7 Å². The van der Waals surface area contributed by atoms with Crippen LogP contribution in [0.2, 0.25) is 0 Å². The van der Waals surface area contributed by atoms with Crippen molar-refractivity contribution in [2.24, 2.45) is 0 Å². The van der Waals surface area contributed by atoms with E-state index in [1.807, 2.05) is 24.9 Å². The van der Waals surface area contributed by atoms with E-state index in [2.05, 4.69) is 26.0 Å². The van der Waals surface area contributed by atoms with Crippen molar-refractivity contribution in [3.8, 4) is 0 Å². The number of rotatable bonds is 4. The van der Waals surface area contributed by atoms with E-state index in [1.54, 1.807) is 0 Å². The monoisotopic (exact) mass is 221 g/mol. The molecule has 0 aliphatic carbocycles. The van der Waals surface area contributed by atoms with E-state index in [0.717, 1.165) is 5.69 Å². The molecular formula is C13H19NO2. The predicted molar refractivity (Wildman–Crippen MR) is 66.0 cm³/mol. The lowest BCUT2D eigenvalue weighted by Crippen LogP contribution is -2.30. The number of nitrogens with zero attached hydrogens (tertiary/aromatic N) is 1. The minimum Gasteiger partial charge on any atom is -0.481 e. The minimum atomic E-state index is -0.761. The average molecular weight is 221 g/mol. The summed E-state index contributed by atoms with van der Waals surface area (Å²) in [6.07, 6.45) is 0.156. The van der Waals surface area contributed by atoms with Gasteiger partial charge in [0, 0.05) is 18.8 Å². The number of carboxylic acid groups (broad SMARTS) is 1. The van der Waals surface area contributed by atoms with Crippen LogP contribution in [0.4, 0.5) is 5.69 Å². The van der Waals surface area contributed by atoms with Crippen LogP contribution in [0.5, 0.6) is 0 Å². The summed E-state index contributed by atoms with van der Waals surface area (Å²) in [6, 6.07) is 6.18. The van der Waals surface area contributed by atoms with Crippen LogP contribution in [0.15, 0.2) is 18.2 Å². The van der Waals surface area contributed by atoms with Crippen molar-refractivity contribution in [1.29, 1.82) is 0 Å². The molecule has 0 bridgehead atoms. The normalized spacial score (nSPS) is 12.2. The van der Waals surface area contributed by atoms with Gasteiger partial charge in [0.25, 0.3) is 0 Å². The molecule has 3 heteroatoms. The number of hydrogen-bond acceptors (Lipinski definition) is 2. The van der Waals surface area contributed by atoms with Crippen molar-refractivity contribution in [2.75, 3.05) is 11.9 Å². The van der Waals surface area contributed by atoms with Crippen LogP contribution in [0, 0.1) is 13.8 Å². The molecule has 0 aliphatic heterocycles. The Kier molecular flexibility index (Phi) is 3.93. The van der Waals surface area contributed by atoms with Crippen LogP contribution >= 0.6 is 0 Å². The molecule has 16 heavy (non-hydrogen) atoms. The van der Waals surface area contributed by atoms with Gasteiger partial charge in [-0.3, -0.25) is 4.79 Å². The molecule has 0 amide bonds. The zero-order chi connectivity index (χ0) is 12.3. The van der Waals surface area contributed by atoms with Gasteiger partial charge < -0.3 is 10.0 Å². The second-order valence-electron chi connectivity index (χ2n) is 4.33. The lowest BCUT2D eigenvalue weighted by Gasteiger charge is -2.26. The summed E-state index contributed by atoms with van der Waals surface area (Å²) in [5.41, 5.74) is 3.55. The van der Waals surface area contributed by atoms with Gasteiger partial charge in [0.2, 0.25) is 0 Å². The maximum absolute atomic E-state index is 10.6. The summed E-state index contributed by atoms with van der Waals surface area (Å²) in [6.45, 7) is 6.05. The van der Waals surface area contributed by atoms with Crippen LogP contribution in [0.3, 0.4) is 0 Å².